The van der Waals surface area contributed by atoms with Crippen LogP contribution >= 0.6 is 0 Å². The summed E-state index contributed by atoms with van der Waals surface area (Å²) in [7, 11) is 0.212. The number of aryl methyl sites for hydroxylation is 1. The van der Waals surface area contributed by atoms with Crippen LogP contribution in [0.4, 0.5) is 5.69 Å². The number of hydrogen-bond donors (Lipinski definition) is 0. The molecule has 0 fully saturated rings. The normalized spacial score (nSPS) is 11.9. The average Bonchev–Trinajstić information content (AvgIpc) is 2.93. The Morgan fingerprint density at radius 3 is 1.97 bits per heavy atom. The van der Waals surface area contributed by atoms with Crippen LogP contribution in [-0.4, -0.2) is 79.6 Å². The average molecular weight is 555 g/mol. The predicted molar refractivity (Wildman–Crippen MR) is 152 cm³/mol. The van der Waals surface area contributed by atoms with Gasteiger partial charge in [0.1, 0.15) is 6.61 Å². The van der Waals surface area contributed by atoms with Crippen LogP contribution in [0.1, 0.15) is 16.7 Å². The van der Waals surface area contributed by atoms with E-state index < -0.39 is 10.1 Å². The lowest BCUT2D eigenvalue weighted by Gasteiger charge is -2.11. The lowest BCUT2D eigenvalue weighted by atomic mass is 10.2. The molecule has 2 aromatic carbocycles. The first-order valence-electron chi connectivity index (χ1n) is 12.4. The molecule has 3 rings (SSSR count). The van der Waals surface area contributed by atoms with E-state index in [-0.39, 0.29) is 18.1 Å². The van der Waals surface area contributed by atoms with Gasteiger partial charge < -0.3 is 19.1 Å². The van der Waals surface area contributed by atoms with Crippen LogP contribution in [0.3, 0.4) is 0 Å². The van der Waals surface area contributed by atoms with Gasteiger partial charge in [0.2, 0.25) is 5.88 Å². The van der Waals surface area contributed by atoms with Crippen LogP contribution in [0, 0.1) is 6.92 Å². The molecule has 11 heteroatoms. The van der Waals surface area contributed by atoms with Crippen molar-refractivity contribution in [2.24, 2.45) is 10.2 Å². The molecule has 0 aliphatic carbocycles. The van der Waals surface area contributed by atoms with Gasteiger partial charge in [-0.05, 0) is 42.8 Å². The molecule has 208 valence electrons. The Morgan fingerprint density at radius 1 is 0.769 bits per heavy atom. The van der Waals surface area contributed by atoms with Crippen molar-refractivity contribution < 1.29 is 26.8 Å². The van der Waals surface area contributed by atoms with Crippen LogP contribution in [0.25, 0.3) is 0 Å². The molecule has 0 aliphatic heterocycles. The van der Waals surface area contributed by atoms with Crippen LogP contribution < -0.4 is 9.64 Å². The number of ether oxygens (including phenoxy) is 3. The zero-order chi connectivity index (χ0) is 27.9. The van der Waals surface area contributed by atoms with Gasteiger partial charge in [0.15, 0.2) is 0 Å². The summed E-state index contributed by atoms with van der Waals surface area (Å²) in [5.41, 5.74) is 3.86. The SMILES string of the molecule is Cc1ccc(S(=O)(=O)OCCOCCOCCOc2ccc(/C=N/N=C/c3ccc(N(C)C)cc3)cn2)cc1. The second-order valence-electron chi connectivity index (χ2n) is 8.57. The predicted octanol–water partition coefficient (Wildman–Crippen LogP) is 3.73. The number of anilines is 1. The Morgan fingerprint density at radius 2 is 1.36 bits per heavy atom. The van der Waals surface area contributed by atoms with Crippen molar-refractivity contribution in [3.8, 4) is 5.88 Å². The molecule has 0 bridgehead atoms. The first-order valence-corrected chi connectivity index (χ1v) is 13.8. The quantitative estimate of drug-likeness (QED) is 0.114. The number of pyridine rings is 1. The van der Waals surface area contributed by atoms with E-state index >= 15 is 0 Å². The number of hydrogen-bond acceptors (Lipinski definition) is 10. The van der Waals surface area contributed by atoms with E-state index in [0.29, 0.717) is 32.3 Å². The van der Waals surface area contributed by atoms with Crippen LogP contribution in [-0.2, 0) is 23.8 Å². The summed E-state index contributed by atoms with van der Waals surface area (Å²) in [6.45, 7) is 3.30. The summed E-state index contributed by atoms with van der Waals surface area (Å²) >= 11 is 0. The monoisotopic (exact) mass is 554 g/mol. The Kier molecular flexibility index (Phi) is 12.0. The highest BCUT2D eigenvalue weighted by molar-refractivity contribution is 7.86. The minimum atomic E-state index is -3.78. The van der Waals surface area contributed by atoms with Gasteiger partial charge >= 0.3 is 0 Å². The smallest absolute Gasteiger partial charge is 0.297 e. The van der Waals surface area contributed by atoms with Crippen molar-refractivity contribution >= 4 is 28.2 Å². The highest BCUT2D eigenvalue weighted by Crippen LogP contribution is 2.13. The summed E-state index contributed by atoms with van der Waals surface area (Å²) in [6, 6.07) is 18.1. The maximum atomic E-state index is 12.1. The van der Waals surface area contributed by atoms with E-state index in [1.165, 1.54) is 12.1 Å². The summed E-state index contributed by atoms with van der Waals surface area (Å²) in [5, 5.41) is 8.13. The lowest BCUT2D eigenvalue weighted by Crippen LogP contribution is -2.15. The van der Waals surface area contributed by atoms with E-state index in [0.717, 1.165) is 22.4 Å². The van der Waals surface area contributed by atoms with Gasteiger partial charge in [-0.25, -0.2) is 4.98 Å². The number of nitrogens with zero attached hydrogens (tertiary/aromatic N) is 4. The van der Waals surface area contributed by atoms with Gasteiger partial charge in [-0.3, -0.25) is 4.18 Å². The third-order valence-electron chi connectivity index (χ3n) is 5.27. The van der Waals surface area contributed by atoms with Gasteiger partial charge in [0.05, 0.1) is 50.4 Å². The molecule has 0 aliphatic rings. The van der Waals surface area contributed by atoms with E-state index in [2.05, 4.69) is 15.2 Å². The molecule has 0 N–H and O–H groups in total. The van der Waals surface area contributed by atoms with Crippen molar-refractivity contribution in [1.82, 2.24) is 4.98 Å². The van der Waals surface area contributed by atoms with Crippen molar-refractivity contribution in [1.29, 1.82) is 0 Å². The van der Waals surface area contributed by atoms with Crippen molar-refractivity contribution in [3.63, 3.8) is 0 Å². The minimum Gasteiger partial charge on any atom is -0.475 e. The molecule has 1 aromatic heterocycles. The van der Waals surface area contributed by atoms with Gasteiger partial charge in [-0.1, -0.05) is 29.8 Å². The molecule has 3 aromatic rings. The second-order valence-corrected chi connectivity index (χ2v) is 10.2. The maximum absolute atomic E-state index is 12.1. The third-order valence-corrected chi connectivity index (χ3v) is 6.60. The first kappa shape index (κ1) is 29.9. The third kappa shape index (κ3) is 10.9. The fraction of sp³-hybridized carbons (Fsp3) is 0.321. The molecule has 0 saturated heterocycles. The molecule has 0 saturated carbocycles. The summed E-state index contributed by atoms with van der Waals surface area (Å²) < 4.78 is 45.5. The molecule has 0 radical (unpaired) electrons. The molecule has 39 heavy (non-hydrogen) atoms. The molecule has 1 heterocycles. The first-order chi connectivity index (χ1) is 18.8. The van der Waals surface area contributed by atoms with E-state index in [1.54, 1.807) is 36.8 Å². The van der Waals surface area contributed by atoms with E-state index in [1.807, 2.05) is 56.3 Å². The highest BCUT2D eigenvalue weighted by Gasteiger charge is 2.14. The largest absolute Gasteiger partial charge is 0.475 e. The summed E-state index contributed by atoms with van der Waals surface area (Å²) in [5.74, 6) is 0.475. The fourth-order valence-electron chi connectivity index (χ4n) is 3.11. The van der Waals surface area contributed by atoms with Crippen LogP contribution in [0.2, 0.25) is 0 Å². The Balaban J connectivity index is 1.23. The molecule has 0 amide bonds. The number of aromatic nitrogens is 1. The van der Waals surface area contributed by atoms with Crippen molar-refractivity contribution in [2.75, 3.05) is 58.6 Å². The zero-order valence-electron chi connectivity index (χ0n) is 22.4. The number of benzene rings is 2. The summed E-state index contributed by atoms with van der Waals surface area (Å²) in [6.07, 6.45) is 4.96. The van der Waals surface area contributed by atoms with E-state index in [9.17, 15) is 8.42 Å². The highest BCUT2D eigenvalue weighted by atomic mass is 32.2. The number of rotatable bonds is 16. The molecule has 0 atom stereocenters. The zero-order valence-corrected chi connectivity index (χ0v) is 23.2. The molecule has 10 nitrogen and oxygen atoms in total. The Bertz CT molecular complexity index is 1290. The topological polar surface area (TPSA) is 112 Å². The lowest BCUT2D eigenvalue weighted by molar-refractivity contribution is 0.0275. The van der Waals surface area contributed by atoms with Crippen LogP contribution in [0.5, 0.6) is 5.88 Å². The van der Waals surface area contributed by atoms with Gasteiger partial charge in [0.25, 0.3) is 10.1 Å². The van der Waals surface area contributed by atoms with E-state index in [4.69, 9.17) is 18.4 Å². The Hall–Kier alpha value is -3.64. The second kappa shape index (κ2) is 15.7. The van der Waals surface area contributed by atoms with Gasteiger partial charge in [-0.2, -0.15) is 18.6 Å². The molecular weight excluding hydrogens is 520 g/mol. The summed E-state index contributed by atoms with van der Waals surface area (Å²) in [4.78, 5) is 6.40. The molecule has 0 unspecified atom stereocenters. The van der Waals surface area contributed by atoms with Gasteiger partial charge in [-0.15, -0.1) is 0 Å². The van der Waals surface area contributed by atoms with Crippen molar-refractivity contribution in [2.45, 2.75) is 11.8 Å². The molecular formula is C28H34N4O6S. The minimum absolute atomic E-state index is 0.0666. The standard InChI is InChI=1S/C28H34N4O6S/c1-23-4-11-27(12-5-23)39(33,34)38-19-17-36-15-14-35-16-18-37-28-13-8-25(20-29-28)22-31-30-21-24-6-9-26(10-7-24)32(2)3/h4-13,20-22H,14-19H2,1-3H3/b30-21+,31-22+. The van der Waals surface area contributed by atoms with Crippen LogP contribution in [0.15, 0.2) is 82.0 Å². The van der Waals surface area contributed by atoms with Crippen molar-refractivity contribution in [3.05, 3.63) is 83.6 Å². The molecule has 0 spiro atoms. The Labute approximate surface area is 230 Å². The fourth-order valence-corrected chi connectivity index (χ4v) is 4.01. The van der Waals surface area contributed by atoms with Gasteiger partial charge in [0, 0.05) is 37.6 Å². The maximum Gasteiger partial charge on any atom is 0.297 e.